The van der Waals surface area contributed by atoms with Gasteiger partial charge in [0.15, 0.2) is 5.82 Å². The van der Waals surface area contributed by atoms with Gasteiger partial charge >= 0.3 is 0 Å². The van der Waals surface area contributed by atoms with Gasteiger partial charge in [-0.25, -0.2) is 0 Å². The number of aryl methyl sites for hydroxylation is 2. The summed E-state index contributed by atoms with van der Waals surface area (Å²) in [4.78, 5) is 17.4. The summed E-state index contributed by atoms with van der Waals surface area (Å²) in [6, 6.07) is 14.0. The highest BCUT2D eigenvalue weighted by atomic mass is 16.2. The second kappa shape index (κ2) is 7.08. The first-order valence-corrected chi connectivity index (χ1v) is 9.00. The lowest BCUT2D eigenvalue weighted by atomic mass is 10.1. The summed E-state index contributed by atoms with van der Waals surface area (Å²) in [7, 11) is 0. The van der Waals surface area contributed by atoms with Crippen molar-refractivity contribution in [3.8, 4) is 6.07 Å². The van der Waals surface area contributed by atoms with Crippen molar-refractivity contribution in [1.82, 2.24) is 24.6 Å². The van der Waals surface area contributed by atoms with Crippen molar-refractivity contribution in [2.45, 2.75) is 32.4 Å². The minimum absolute atomic E-state index is 0.101. The lowest BCUT2D eigenvalue weighted by Gasteiger charge is -2.32. The van der Waals surface area contributed by atoms with Crippen molar-refractivity contribution in [2.75, 3.05) is 6.54 Å². The molecule has 4 rings (SSSR count). The summed E-state index contributed by atoms with van der Waals surface area (Å²) in [5, 5.41) is 17.6. The summed E-state index contributed by atoms with van der Waals surface area (Å²) < 4.78 is 2.15. The van der Waals surface area contributed by atoms with E-state index in [1.54, 1.807) is 17.2 Å². The van der Waals surface area contributed by atoms with Gasteiger partial charge in [-0.3, -0.25) is 4.79 Å². The van der Waals surface area contributed by atoms with Crippen molar-refractivity contribution >= 4 is 5.91 Å². The van der Waals surface area contributed by atoms with Crippen LogP contribution in [-0.2, 0) is 19.4 Å². The van der Waals surface area contributed by atoms with Gasteiger partial charge in [0.2, 0.25) is 0 Å². The Balaban J connectivity index is 1.49. The predicted octanol–water partition coefficient (Wildman–Crippen LogP) is 2.48. The normalized spacial score (nSPS) is 16.0. The Hall–Kier alpha value is -3.40. The van der Waals surface area contributed by atoms with Gasteiger partial charge in [0, 0.05) is 19.2 Å². The molecule has 3 aromatic rings. The third kappa shape index (κ3) is 3.34. The molecule has 7 nitrogen and oxygen atoms in total. The number of hydrogen-bond acceptors (Lipinski definition) is 4. The predicted molar refractivity (Wildman–Crippen MR) is 98.8 cm³/mol. The Morgan fingerprint density at radius 2 is 2.11 bits per heavy atom. The van der Waals surface area contributed by atoms with Crippen molar-refractivity contribution in [3.63, 3.8) is 0 Å². The van der Waals surface area contributed by atoms with Crippen LogP contribution in [0.15, 0.2) is 42.6 Å². The number of benzene rings is 1. The number of amides is 1. The maximum absolute atomic E-state index is 12.7. The fourth-order valence-electron chi connectivity index (χ4n) is 3.59. The number of carbonyl (C=O) groups excluding carboxylic acids is 1. The zero-order chi connectivity index (χ0) is 18.8. The summed E-state index contributed by atoms with van der Waals surface area (Å²) in [5.74, 6) is 1.64. The van der Waals surface area contributed by atoms with Crippen LogP contribution in [0.5, 0.6) is 0 Å². The molecule has 3 heterocycles. The summed E-state index contributed by atoms with van der Waals surface area (Å²) in [6.45, 7) is 3.08. The average Bonchev–Trinajstić information content (AvgIpc) is 3.34. The van der Waals surface area contributed by atoms with Crippen LogP contribution in [0.2, 0.25) is 0 Å². The molecule has 0 unspecified atom stereocenters. The van der Waals surface area contributed by atoms with Crippen molar-refractivity contribution in [3.05, 3.63) is 71.1 Å². The van der Waals surface area contributed by atoms with Crippen LogP contribution in [0, 0.1) is 11.3 Å². The molecule has 0 aliphatic carbocycles. The van der Waals surface area contributed by atoms with E-state index in [9.17, 15) is 4.79 Å². The summed E-state index contributed by atoms with van der Waals surface area (Å²) >= 11 is 0. The molecule has 1 aliphatic rings. The highest BCUT2D eigenvalue weighted by Crippen LogP contribution is 2.23. The first kappa shape index (κ1) is 17.0. The van der Waals surface area contributed by atoms with Crippen LogP contribution in [0.3, 0.4) is 0 Å². The maximum Gasteiger partial charge on any atom is 0.270 e. The quantitative estimate of drug-likeness (QED) is 0.774. The molecule has 0 saturated heterocycles. The molecule has 0 radical (unpaired) electrons. The zero-order valence-electron chi connectivity index (χ0n) is 15.1. The molecule has 27 heavy (non-hydrogen) atoms. The fourth-order valence-corrected chi connectivity index (χ4v) is 3.59. The van der Waals surface area contributed by atoms with Crippen LogP contribution >= 0.6 is 0 Å². The molecule has 2 aromatic heterocycles. The molecule has 1 aliphatic heterocycles. The van der Waals surface area contributed by atoms with E-state index in [2.05, 4.69) is 38.8 Å². The molecule has 0 bridgehead atoms. The molecule has 0 spiro atoms. The van der Waals surface area contributed by atoms with Crippen molar-refractivity contribution < 1.29 is 4.79 Å². The Morgan fingerprint density at radius 1 is 1.30 bits per heavy atom. The number of nitrogens with zero attached hydrogens (tertiary/aromatic N) is 5. The topological polar surface area (TPSA) is 90.6 Å². The number of H-pyrrole nitrogens is 1. The van der Waals surface area contributed by atoms with E-state index >= 15 is 0 Å². The zero-order valence-corrected chi connectivity index (χ0v) is 15.1. The van der Waals surface area contributed by atoms with E-state index < -0.39 is 0 Å². The molecule has 136 valence electrons. The van der Waals surface area contributed by atoms with Crippen LogP contribution in [-0.4, -0.2) is 37.1 Å². The maximum atomic E-state index is 12.7. The molecular weight excluding hydrogens is 340 g/mol. The fraction of sp³-hybridized carbons (Fsp3) is 0.300. The van der Waals surface area contributed by atoms with E-state index in [0.29, 0.717) is 24.3 Å². The molecule has 7 heteroatoms. The number of aromatic nitrogens is 4. The van der Waals surface area contributed by atoms with Gasteiger partial charge in [-0.1, -0.05) is 30.3 Å². The minimum atomic E-state index is -0.122. The smallest absolute Gasteiger partial charge is 0.270 e. The largest absolute Gasteiger partial charge is 0.356 e. The van der Waals surface area contributed by atoms with Gasteiger partial charge in [0.05, 0.1) is 18.2 Å². The van der Waals surface area contributed by atoms with Gasteiger partial charge in [-0.05, 0) is 25.0 Å². The molecule has 1 aromatic carbocycles. The van der Waals surface area contributed by atoms with Gasteiger partial charge in [-0.2, -0.15) is 5.26 Å². The van der Waals surface area contributed by atoms with Crippen molar-refractivity contribution in [1.29, 1.82) is 5.26 Å². The SMILES string of the molecule is C[C@H]1CN(C(=O)c2cc(C#N)c[nH]2)Cc2nnc(CCc3ccccc3)n21. The van der Waals surface area contributed by atoms with E-state index in [4.69, 9.17) is 5.26 Å². The van der Waals surface area contributed by atoms with E-state index in [-0.39, 0.29) is 11.9 Å². The molecule has 1 amide bonds. The van der Waals surface area contributed by atoms with E-state index in [0.717, 1.165) is 24.5 Å². The number of fused-ring (bicyclic) bond motifs is 1. The first-order chi connectivity index (χ1) is 13.2. The van der Waals surface area contributed by atoms with Crippen molar-refractivity contribution in [2.24, 2.45) is 0 Å². The summed E-state index contributed by atoms with van der Waals surface area (Å²) in [6.07, 6.45) is 3.27. The summed E-state index contributed by atoms with van der Waals surface area (Å²) in [5.41, 5.74) is 2.15. The Labute approximate surface area is 157 Å². The first-order valence-electron chi connectivity index (χ1n) is 9.00. The number of nitriles is 1. The van der Waals surface area contributed by atoms with E-state index in [1.165, 1.54) is 5.56 Å². The highest BCUT2D eigenvalue weighted by Gasteiger charge is 2.30. The van der Waals surface area contributed by atoms with Gasteiger partial charge < -0.3 is 14.5 Å². The lowest BCUT2D eigenvalue weighted by Crippen LogP contribution is -2.41. The van der Waals surface area contributed by atoms with E-state index in [1.807, 2.05) is 24.3 Å². The molecule has 1 N–H and O–H groups in total. The highest BCUT2D eigenvalue weighted by molar-refractivity contribution is 5.92. The Morgan fingerprint density at radius 3 is 2.85 bits per heavy atom. The second-order valence-corrected chi connectivity index (χ2v) is 6.84. The van der Waals surface area contributed by atoms with Crippen LogP contribution in [0.25, 0.3) is 0 Å². The molecule has 1 atom stereocenters. The second-order valence-electron chi connectivity index (χ2n) is 6.84. The van der Waals surface area contributed by atoms with Crippen LogP contribution < -0.4 is 0 Å². The number of rotatable bonds is 4. The van der Waals surface area contributed by atoms with Gasteiger partial charge in [-0.15, -0.1) is 10.2 Å². The monoisotopic (exact) mass is 360 g/mol. The third-order valence-corrected chi connectivity index (χ3v) is 4.90. The number of nitrogens with one attached hydrogen (secondary N) is 1. The minimum Gasteiger partial charge on any atom is -0.356 e. The molecule has 0 fully saturated rings. The van der Waals surface area contributed by atoms with Crippen LogP contribution in [0.1, 0.15) is 46.2 Å². The molecule has 0 saturated carbocycles. The number of hydrogen-bond donors (Lipinski definition) is 1. The Kier molecular flexibility index (Phi) is 4.47. The molecular formula is C20H20N6O. The Bertz CT molecular complexity index is 997. The van der Waals surface area contributed by atoms with Crippen LogP contribution in [0.4, 0.5) is 0 Å². The number of aromatic amines is 1. The van der Waals surface area contributed by atoms with Gasteiger partial charge in [0.25, 0.3) is 5.91 Å². The van der Waals surface area contributed by atoms with Gasteiger partial charge in [0.1, 0.15) is 17.6 Å². The number of carbonyl (C=O) groups is 1. The standard InChI is InChI=1S/C20H20N6O/c1-14-12-25(20(27)17-9-16(10-21)11-22-17)13-19-24-23-18(26(14)19)8-7-15-5-3-2-4-6-15/h2-6,9,11,14,22H,7-8,12-13H2,1H3/t14-/m0/s1. The third-order valence-electron chi connectivity index (χ3n) is 4.90. The average molecular weight is 360 g/mol. The lowest BCUT2D eigenvalue weighted by molar-refractivity contribution is 0.0674.